The van der Waals surface area contributed by atoms with Gasteiger partial charge in [0.15, 0.2) is 0 Å². The highest BCUT2D eigenvalue weighted by Crippen LogP contribution is 2.13. The maximum atomic E-state index is 11.4. The number of hydrogen-bond donors (Lipinski definition) is 2. The maximum absolute atomic E-state index is 11.4. The first kappa shape index (κ1) is 22.9. The summed E-state index contributed by atoms with van der Waals surface area (Å²) in [6.07, 6.45) is 16.7. The molecule has 0 aliphatic heterocycles. The van der Waals surface area contributed by atoms with Crippen LogP contribution in [0.5, 0.6) is 0 Å². The van der Waals surface area contributed by atoms with Crippen LogP contribution in [0.2, 0.25) is 0 Å². The van der Waals surface area contributed by atoms with Crippen LogP contribution in [-0.4, -0.2) is 29.7 Å². The van der Waals surface area contributed by atoms with E-state index < -0.39 is 12.0 Å². The van der Waals surface area contributed by atoms with Crippen molar-refractivity contribution >= 4 is 11.9 Å². The average Bonchev–Trinajstić information content (AvgIpc) is 2.56. The second-order valence-electron chi connectivity index (χ2n) is 6.62. The third-order valence-corrected chi connectivity index (χ3v) is 4.23. The lowest BCUT2D eigenvalue weighted by molar-refractivity contribution is -0.147. The first-order chi connectivity index (χ1) is 11.6. The molecule has 0 saturated carbocycles. The molecule has 5 nitrogen and oxygen atoms in total. The molecule has 24 heavy (non-hydrogen) atoms. The Labute approximate surface area is 147 Å². The minimum atomic E-state index is -1.15. The van der Waals surface area contributed by atoms with Gasteiger partial charge in [0, 0.05) is 6.42 Å². The van der Waals surface area contributed by atoms with E-state index in [0.717, 1.165) is 19.3 Å². The first-order valence-corrected chi connectivity index (χ1v) is 9.72. The molecular formula is C19H37NO4. The third kappa shape index (κ3) is 15.8. The maximum Gasteiger partial charge on any atom is 0.324 e. The number of carbonyl (C=O) groups is 2. The first-order valence-electron chi connectivity index (χ1n) is 9.72. The van der Waals surface area contributed by atoms with Crippen molar-refractivity contribution < 1.29 is 19.4 Å². The Morgan fingerprint density at radius 2 is 1.25 bits per heavy atom. The number of unbranched alkanes of at least 4 members (excludes halogenated alkanes) is 12. The van der Waals surface area contributed by atoms with Gasteiger partial charge in [0.25, 0.3) is 0 Å². The van der Waals surface area contributed by atoms with Crippen molar-refractivity contribution in [3.05, 3.63) is 0 Å². The fraction of sp³-hybridized carbons (Fsp3) is 0.895. The number of hydrogen-bond acceptors (Lipinski definition) is 4. The highest BCUT2D eigenvalue weighted by molar-refractivity contribution is 5.74. The van der Waals surface area contributed by atoms with E-state index in [0.29, 0.717) is 6.42 Å². The smallest absolute Gasteiger partial charge is 0.324 e. The van der Waals surface area contributed by atoms with Crippen molar-refractivity contribution in [3.8, 4) is 0 Å². The largest absolute Gasteiger partial charge is 0.480 e. The van der Waals surface area contributed by atoms with Crippen LogP contribution < -0.4 is 5.73 Å². The van der Waals surface area contributed by atoms with Crippen LogP contribution in [0.15, 0.2) is 0 Å². The van der Waals surface area contributed by atoms with Crippen molar-refractivity contribution in [3.63, 3.8) is 0 Å². The number of nitrogens with two attached hydrogens (primary N) is 1. The van der Waals surface area contributed by atoms with Gasteiger partial charge in [0.05, 0.1) is 0 Å². The normalized spacial score (nSPS) is 12.1. The predicted octanol–water partition coefficient (Wildman–Crippen LogP) is 4.42. The topological polar surface area (TPSA) is 89.6 Å². The molecule has 0 aromatic rings. The van der Waals surface area contributed by atoms with Gasteiger partial charge in [0.1, 0.15) is 12.6 Å². The molecule has 0 heterocycles. The van der Waals surface area contributed by atoms with E-state index in [9.17, 15) is 9.59 Å². The van der Waals surface area contributed by atoms with E-state index in [-0.39, 0.29) is 12.6 Å². The van der Waals surface area contributed by atoms with Gasteiger partial charge in [-0.2, -0.15) is 0 Å². The monoisotopic (exact) mass is 343 g/mol. The van der Waals surface area contributed by atoms with Gasteiger partial charge in [-0.3, -0.25) is 9.59 Å². The number of carboxylic acid groups (broad SMARTS) is 1. The summed E-state index contributed by atoms with van der Waals surface area (Å²) in [5.74, 6) is -1.50. The van der Waals surface area contributed by atoms with Crippen molar-refractivity contribution in [2.45, 2.75) is 103 Å². The number of rotatable bonds is 17. The molecule has 0 aliphatic rings. The lowest BCUT2D eigenvalue weighted by atomic mass is 10.0. The summed E-state index contributed by atoms with van der Waals surface area (Å²) in [5, 5.41) is 8.58. The van der Waals surface area contributed by atoms with Gasteiger partial charge >= 0.3 is 11.9 Å². The van der Waals surface area contributed by atoms with Gasteiger partial charge in [0.2, 0.25) is 0 Å². The number of carboxylic acids is 1. The summed E-state index contributed by atoms with van der Waals surface area (Å²) in [5.41, 5.74) is 5.26. The van der Waals surface area contributed by atoms with E-state index in [1.165, 1.54) is 64.2 Å². The molecule has 0 saturated heterocycles. The summed E-state index contributed by atoms with van der Waals surface area (Å²) < 4.78 is 4.83. The quantitative estimate of drug-likeness (QED) is 0.301. The Bertz CT molecular complexity index is 320. The summed E-state index contributed by atoms with van der Waals surface area (Å²) >= 11 is 0. The van der Waals surface area contributed by atoms with Crippen LogP contribution in [0, 0.1) is 0 Å². The van der Waals surface area contributed by atoms with Crippen molar-refractivity contribution in [2.75, 3.05) is 6.61 Å². The SMILES string of the molecule is CCCCCCCCCCCCCCCC(=O)OC[C@H](N)C(=O)O. The molecule has 142 valence electrons. The number of carbonyl (C=O) groups excluding carboxylic acids is 1. The van der Waals surface area contributed by atoms with Gasteiger partial charge in [-0.25, -0.2) is 0 Å². The zero-order chi connectivity index (χ0) is 18.0. The van der Waals surface area contributed by atoms with Crippen LogP contribution in [0.25, 0.3) is 0 Å². The number of aliphatic carboxylic acids is 1. The van der Waals surface area contributed by atoms with Gasteiger partial charge < -0.3 is 15.6 Å². The number of ether oxygens (including phenoxy) is 1. The van der Waals surface area contributed by atoms with Crippen molar-refractivity contribution in [1.29, 1.82) is 0 Å². The highest BCUT2D eigenvalue weighted by Gasteiger charge is 2.13. The lowest BCUT2D eigenvalue weighted by Gasteiger charge is -2.07. The Morgan fingerprint density at radius 3 is 1.67 bits per heavy atom. The van der Waals surface area contributed by atoms with Crippen molar-refractivity contribution in [2.24, 2.45) is 5.73 Å². The van der Waals surface area contributed by atoms with E-state index in [1.54, 1.807) is 0 Å². The molecule has 0 bridgehead atoms. The molecule has 0 aliphatic carbocycles. The zero-order valence-electron chi connectivity index (χ0n) is 15.4. The van der Waals surface area contributed by atoms with Crippen molar-refractivity contribution in [1.82, 2.24) is 0 Å². The Balaban J connectivity index is 3.22. The minimum Gasteiger partial charge on any atom is -0.480 e. The van der Waals surface area contributed by atoms with Crippen LogP contribution in [-0.2, 0) is 14.3 Å². The molecular weight excluding hydrogens is 306 g/mol. The predicted molar refractivity (Wildman–Crippen MR) is 96.9 cm³/mol. The number of esters is 1. The second kappa shape index (κ2) is 16.7. The standard InChI is InChI=1S/C19H37NO4/c1-2-3-4-5-6-7-8-9-10-11-12-13-14-15-18(21)24-16-17(20)19(22)23/h17H,2-16,20H2,1H3,(H,22,23)/t17-/m0/s1. The molecule has 0 rings (SSSR count). The molecule has 5 heteroatoms. The molecule has 0 unspecified atom stereocenters. The molecule has 0 radical (unpaired) electrons. The third-order valence-electron chi connectivity index (χ3n) is 4.23. The van der Waals surface area contributed by atoms with Crippen LogP contribution in [0.4, 0.5) is 0 Å². The second-order valence-corrected chi connectivity index (χ2v) is 6.62. The fourth-order valence-corrected chi connectivity index (χ4v) is 2.61. The lowest BCUT2D eigenvalue weighted by Crippen LogP contribution is -2.35. The van der Waals surface area contributed by atoms with E-state index in [1.807, 2.05) is 0 Å². The minimum absolute atomic E-state index is 0.243. The van der Waals surface area contributed by atoms with Gasteiger partial charge in [-0.1, -0.05) is 84.0 Å². The van der Waals surface area contributed by atoms with E-state index >= 15 is 0 Å². The van der Waals surface area contributed by atoms with Crippen LogP contribution >= 0.6 is 0 Å². The van der Waals surface area contributed by atoms with E-state index in [4.69, 9.17) is 15.6 Å². The van der Waals surface area contributed by atoms with Crippen LogP contribution in [0.1, 0.15) is 96.8 Å². The van der Waals surface area contributed by atoms with Gasteiger partial charge in [-0.05, 0) is 6.42 Å². The fourth-order valence-electron chi connectivity index (χ4n) is 2.61. The highest BCUT2D eigenvalue weighted by atomic mass is 16.5. The summed E-state index contributed by atoms with van der Waals surface area (Å²) in [7, 11) is 0. The Morgan fingerprint density at radius 1 is 0.833 bits per heavy atom. The Hall–Kier alpha value is -1.10. The van der Waals surface area contributed by atoms with E-state index in [2.05, 4.69) is 6.92 Å². The van der Waals surface area contributed by atoms with Crippen LogP contribution in [0.3, 0.4) is 0 Å². The van der Waals surface area contributed by atoms with Gasteiger partial charge in [-0.15, -0.1) is 0 Å². The molecule has 0 aromatic heterocycles. The summed E-state index contributed by atoms with van der Waals surface area (Å²) in [6.45, 7) is 2.00. The molecule has 0 aromatic carbocycles. The summed E-state index contributed by atoms with van der Waals surface area (Å²) in [4.78, 5) is 21.9. The molecule has 3 N–H and O–H groups in total. The molecule has 0 spiro atoms. The Kier molecular flexibility index (Phi) is 16.0. The zero-order valence-corrected chi connectivity index (χ0v) is 15.4. The molecule has 0 fully saturated rings. The average molecular weight is 344 g/mol. The molecule has 0 amide bonds. The summed E-state index contributed by atoms with van der Waals surface area (Å²) in [6, 6.07) is -1.12. The molecule has 1 atom stereocenters.